The Labute approximate surface area is 158 Å². The van der Waals surface area contributed by atoms with Crippen molar-refractivity contribution in [2.75, 3.05) is 19.5 Å². The normalized spacial score (nSPS) is 10.3. The molecular weight excluding hydrogens is 340 g/mol. The summed E-state index contributed by atoms with van der Waals surface area (Å²) < 4.78 is 5.34. The van der Waals surface area contributed by atoms with Crippen LogP contribution in [0.15, 0.2) is 60.7 Å². The highest BCUT2D eigenvalue weighted by atomic mass is 16.5. The Morgan fingerprint density at radius 2 is 1.78 bits per heavy atom. The van der Waals surface area contributed by atoms with Crippen molar-refractivity contribution < 1.29 is 9.53 Å². The van der Waals surface area contributed by atoms with E-state index >= 15 is 0 Å². The molecule has 0 aliphatic rings. The number of ether oxygens (including phenoxy) is 1. The van der Waals surface area contributed by atoms with Gasteiger partial charge in [-0.3, -0.25) is 4.79 Å². The Morgan fingerprint density at radius 3 is 2.52 bits per heavy atom. The lowest BCUT2D eigenvalue weighted by Gasteiger charge is -2.17. The molecule has 0 radical (unpaired) electrons. The summed E-state index contributed by atoms with van der Waals surface area (Å²) in [5.74, 6) is 0.875. The maximum Gasteiger partial charge on any atom is 0.272 e. The van der Waals surface area contributed by atoms with Gasteiger partial charge in [-0.1, -0.05) is 42.5 Å². The number of carbonyl (C=O) groups excluding carboxylic acids is 1. The van der Waals surface area contributed by atoms with Gasteiger partial charge in [-0.15, -0.1) is 0 Å². The minimum atomic E-state index is -0.160. The molecule has 1 heterocycles. The molecule has 1 aromatic heterocycles. The van der Waals surface area contributed by atoms with Crippen molar-refractivity contribution in [3.63, 3.8) is 0 Å². The van der Waals surface area contributed by atoms with E-state index in [0.717, 1.165) is 11.3 Å². The minimum Gasteiger partial charge on any atom is -0.495 e. The van der Waals surface area contributed by atoms with Crippen LogP contribution < -0.4 is 10.1 Å². The van der Waals surface area contributed by atoms with Crippen LogP contribution in [0.25, 0.3) is 0 Å². The smallest absolute Gasteiger partial charge is 0.272 e. The number of hydrogen-bond donors (Lipinski definition) is 1. The summed E-state index contributed by atoms with van der Waals surface area (Å²) in [6.07, 6.45) is 0. The lowest BCUT2D eigenvalue weighted by Crippen LogP contribution is -2.27. The van der Waals surface area contributed by atoms with Crippen LogP contribution in [0.2, 0.25) is 0 Å². The van der Waals surface area contributed by atoms with E-state index in [1.165, 1.54) is 0 Å². The summed E-state index contributed by atoms with van der Waals surface area (Å²) in [5, 5.41) is 3.13. The number of aromatic nitrogens is 2. The number of para-hydroxylation sites is 2. The van der Waals surface area contributed by atoms with Crippen LogP contribution in [0.1, 0.15) is 21.7 Å². The lowest BCUT2D eigenvalue weighted by molar-refractivity contribution is 0.0779. The molecule has 0 atom stereocenters. The molecule has 0 aliphatic carbocycles. The predicted octanol–water partition coefficient (Wildman–Crippen LogP) is 3.81. The summed E-state index contributed by atoms with van der Waals surface area (Å²) in [5.41, 5.74) is 2.85. The Bertz CT molecular complexity index is 928. The van der Waals surface area contributed by atoms with Gasteiger partial charge in [0.15, 0.2) is 0 Å². The standard InChI is InChI=1S/C21H22N4O2/c1-15-13-18(20(26)25(2)14-16-9-5-4-6-10-16)24-21(22-15)23-17-11-7-8-12-19(17)27-3/h4-13H,14H2,1-3H3,(H,22,23,24). The van der Waals surface area contributed by atoms with Gasteiger partial charge in [-0.05, 0) is 30.7 Å². The first-order valence-electron chi connectivity index (χ1n) is 8.62. The topological polar surface area (TPSA) is 67.3 Å². The number of benzene rings is 2. The maximum absolute atomic E-state index is 12.8. The molecule has 6 nitrogen and oxygen atoms in total. The molecule has 6 heteroatoms. The number of anilines is 2. The summed E-state index contributed by atoms with van der Waals surface area (Å²) >= 11 is 0. The average molecular weight is 362 g/mol. The van der Waals surface area contributed by atoms with Crippen LogP contribution in [0.3, 0.4) is 0 Å². The molecule has 0 spiro atoms. The zero-order valence-corrected chi connectivity index (χ0v) is 15.6. The van der Waals surface area contributed by atoms with Crippen molar-refractivity contribution in [1.29, 1.82) is 0 Å². The minimum absolute atomic E-state index is 0.160. The first kappa shape index (κ1) is 18.4. The Hall–Kier alpha value is -3.41. The van der Waals surface area contributed by atoms with E-state index in [0.29, 0.717) is 29.6 Å². The zero-order valence-electron chi connectivity index (χ0n) is 15.6. The van der Waals surface area contributed by atoms with Gasteiger partial charge in [0.25, 0.3) is 5.91 Å². The van der Waals surface area contributed by atoms with Crippen molar-refractivity contribution in [2.45, 2.75) is 13.5 Å². The van der Waals surface area contributed by atoms with Gasteiger partial charge in [0.1, 0.15) is 11.4 Å². The van der Waals surface area contributed by atoms with Crippen molar-refractivity contribution in [1.82, 2.24) is 14.9 Å². The van der Waals surface area contributed by atoms with Crippen molar-refractivity contribution >= 4 is 17.5 Å². The van der Waals surface area contributed by atoms with Crippen molar-refractivity contribution in [3.05, 3.63) is 77.6 Å². The molecule has 0 fully saturated rings. The number of carbonyl (C=O) groups is 1. The third-order valence-corrected chi connectivity index (χ3v) is 4.04. The van der Waals surface area contributed by atoms with E-state index in [1.807, 2.05) is 61.5 Å². The van der Waals surface area contributed by atoms with Gasteiger partial charge < -0.3 is 15.0 Å². The molecule has 1 N–H and O–H groups in total. The zero-order chi connectivity index (χ0) is 19.2. The number of aryl methyl sites for hydroxylation is 1. The highest BCUT2D eigenvalue weighted by Gasteiger charge is 2.16. The highest BCUT2D eigenvalue weighted by Crippen LogP contribution is 2.25. The second-order valence-corrected chi connectivity index (χ2v) is 6.19. The number of hydrogen-bond acceptors (Lipinski definition) is 5. The van der Waals surface area contributed by atoms with Crippen LogP contribution in [0.4, 0.5) is 11.6 Å². The fourth-order valence-electron chi connectivity index (χ4n) is 2.73. The molecule has 0 saturated carbocycles. The summed E-state index contributed by atoms with van der Waals surface area (Å²) in [6.45, 7) is 2.35. The van der Waals surface area contributed by atoms with Crippen LogP contribution in [-0.2, 0) is 6.54 Å². The molecule has 3 rings (SSSR count). The molecule has 2 aromatic carbocycles. The number of nitrogens with zero attached hydrogens (tertiary/aromatic N) is 3. The van der Waals surface area contributed by atoms with E-state index in [9.17, 15) is 4.79 Å². The van der Waals surface area contributed by atoms with E-state index in [-0.39, 0.29) is 5.91 Å². The summed E-state index contributed by atoms with van der Waals surface area (Å²) in [7, 11) is 3.37. The van der Waals surface area contributed by atoms with Gasteiger partial charge in [0.2, 0.25) is 5.95 Å². The van der Waals surface area contributed by atoms with Crippen molar-refractivity contribution in [3.8, 4) is 5.75 Å². The van der Waals surface area contributed by atoms with Crippen molar-refractivity contribution in [2.24, 2.45) is 0 Å². The first-order chi connectivity index (χ1) is 13.1. The number of nitrogens with one attached hydrogen (secondary N) is 1. The molecule has 0 bridgehead atoms. The van der Waals surface area contributed by atoms with E-state index in [1.54, 1.807) is 25.1 Å². The molecular formula is C21H22N4O2. The Kier molecular flexibility index (Phi) is 5.66. The third-order valence-electron chi connectivity index (χ3n) is 4.04. The van der Waals surface area contributed by atoms with Crippen LogP contribution in [0, 0.1) is 6.92 Å². The summed E-state index contributed by atoms with van der Waals surface area (Å²) in [6, 6.07) is 19.0. The Morgan fingerprint density at radius 1 is 1.07 bits per heavy atom. The molecule has 3 aromatic rings. The lowest BCUT2D eigenvalue weighted by atomic mass is 10.2. The molecule has 27 heavy (non-hydrogen) atoms. The Balaban J connectivity index is 1.81. The maximum atomic E-state index is 12.8. The quantitative estimate of drug-likeness (QED) is 0.722. The van der Waals surface area contributed by atoms with Gasteiger partial charge in [-0.25, -0.2) is 9.97 Å². The van der Waals surface area contributed by atoms with Crippen LogP contribution >= 0.6 is 0 Å². The van der Waals surface area contributed by atoms with Crippen LogP contribution in [0.5, 0.6) is 5.75 Å². The predicted molar refractivity (Wildman–Crippen MR) is 105 cm³/mol. The number of rotatable bonds is 6. The third kappa shape index (κ3) is 4.61. The molecule has 0 unspecified atom stereocenters. The molecule has 138 valence electrons. The van der Waals surface area contributed by atoms with Gasteiger partial charge in [0, 0.05) is 19.3 Å². The first-order valence-corrected chi connectivity index (χ1v) is 8.62. The van der Waals surface area contributed by atoms with E-state index in [4.69, 9.17) is 4.74 Å². The second-order valence-electron chi connectivity index (χ2n) is 6.19. The average Bonchev–Trinajstić information content (AvgIpc) is 2.68. The van der Waals surface area contributed by atoms with Gasteiger partial charge in [0.05, 0.1) is 12.8 Å². The van der Waals surface area contributed by atoms with Crippen LogP contribution in [-0.4, -0.2) is 34.9 Å². The fourth-order valence-corrected chi connectivity index (χ4v) is 2.73. The van der Waals surface area contributed by atoms with E-state index in [2.05, 4.69) is 15.3 Å². The summed E-state index contributed by atoms with van der Waals surface area (Å²) in [4.78, 5) is 23.2. The van der Waals surface area contributed by atoms with Gasteiger partial charge >= 0.3 is 0 Å². The van der Waals surface area contributed by atoms with E-state index < -0.39 is 0 Å². The molecule has 1 amide bonds. The second kappa shape index (κ2) is 8.31. The highest BCUT2D eigenvalue weighted by molar-refractivity contribution is 5.92. The SMILES string of the molecule is COc1ccccc1Nc1nc(C)cc(C(=O)N(C)Cc2ccccc2)n1. The molecule has 0 saturated heterocycles. The van der Waals surface area contributed by atoms with Gasteiger partial charge in [-0.2, -0.15) is 0 Å². The monoisotopic (exact) mass is 362 g/mol. The fraction of sp³-hybridized carbons (Fsp3) is 0.190. The largest absolute Gasteiger partial charge is 0.495 e. The number of methoxy groups -OCH3 is 1. The molecule has 0 aliphatic heterocycles. The number of amides is 1.